The van der Waals surface area contributed by atoms with Gasteiger partial charge in [-0.2, -0.15) is 18.2 Å². The zero-order valence-electron chi connectivity index (χ0n) is 22.0. The summed E-state index contributed by atoms with van der Waals surface area (Å²) in [5, 5.41) is 10.7. The van der Waals surface area contributed by atoms with Crippen molar-refractivity contribution < 1.29 is 21.6 Å². The molecule has 4 aromatic rings. The Morgan fingerprint density at radius 1 is 1.05 bits per heavy atom. The molecule has 12 nitrogen and oxygen atoms in total. The summed E-state index contributed by atoms with van der Waals surface area (Å²) >= 11 is 1.19. The zero-order valence-corrected chi connectivity index (χ0v) is 24.4. The van der Waals surface area contributed by atoms with Gasteiger partial charge >= 0.3 is 0 Å². The molecule has 2 aromatic heterocycles. The quantitative estimate of drug-likeness (QED) is 0.257. The highest BCUT2D eigenvalue weighted by molar-refractivity contribution is 7.91. The monoisotopic (exact) mass is 603 g/mol. The number of carbonyl (C=O) groups is 1. The van der Waals surface area contributed by atoms with Crippen LogP contribution in [0.25, 0.3) is 11.0 Å². The van der Waals surface area contributed by atoms with Gasteiger partial charge in [0.2, 0.25) is 10.0 Å². The highest BCUT2D eigenvalue weighted by Gasteiger charge is 2.34. The highest BCUT2D eigenvalue weighted by atomic mass is 32.2. The van der Waals surface area contributed by atoms with Gasteiger partial charge in [-0.3, -0.25) is 9.48 Å². The first-order chi connectivity index (χ1) is 19.1. The van der Waals surface area contributed by atoms with Crippen LogP contribution in [0.5, 0.6) is 0 Å². The average molecular weight is 604 g/mol. The van der Waals surface area contributed by atoms with E-state index in [0.717, 1.165) is 22.9 Å². The van der Waals surface area contributed by atoms with E-state index in [2.05, 4.69) is 24.5 Å². The zero-order chi connectivity index (χ0) is 28.5. The van der Waals surface area contributed by atoms with Gasteiger partial charge in [-0.05, 0) is 48.9 Å². The molecule has 3 heterocycles. The number of sulfone groups is 1. The smallest absolute Gasteiger partial charge is 0.269 e. The average Bonchev–Trinajstić information content (AvgIpc) is 3.55. The fourth-order valence-electron chi connectivity index (χ4n) is 4.68. The van der Waals surface area contributed by atoms with Crippen LogP contribution in [-0.4, -0.2) is 72.0 Å². The molecule has 40 heavy (non-hydrogen) atoms. The van der Waals surface area contributed by atoms with Gasteiger partial charge in [-0.25, -0.2) is 16.8 Å². The van der Waals surface area contributed by atoms with Gasteiger partial charge in [-0.1, -0.05) is 12.1 Å². The molecule has 0 spiro atoms. The van der Waals surface area contributed by atoms with Gasteiger partial charge in [0.25, 0.3) is 5.91 Å². The van der Waals surface area contributed by atoms with Crippen molar-refractivity contribution >= 4 is 48.5 Å². The molecule has 1 amide bonds. The molecule has 0 saturated heterocycles. The minimum absolute atomic E-state index is 0.0320. The lowest BCUT2D eigenvalue weighted by Gasteiger charge is -2.26. The first-order valence-corrected chi connectivity index (χ1v) is 16.7. The number of benzene rings is 2. The van der Waals surface area contributed by atoms with Crippen LogP contribution in [0, 0.1) is 0 Å². The Morgan fingerprint density at radius 2 is 1.82 bits per heavy atom. The minimum Gasteiger partial charge on any atom is -0.354 e. The number of aryl methyl sites for hydroxylation is 1. The molecule has 5 rings (SSSR count). The number of carbonyl (C=O) groups excluding carboxylic acids is 1. The largest absolute Gasteiger partial charge is 0.354 e. The lowest BCUT2D eigenvalue weighted by Crippen LogP contribution is -2.36. The van der Waals surface area contributed by atoms with Crippen molar-refractivity contribution in [3.63, 3.8) is 0 Å². The van der Waals surface area contributed by atoms with Crippen LogP contribution in [0.1, 0.15) is 33.7 Å². The fourth-order valence-corrected chi connectivity index (χ4v) is 7.39. The minimum atomic E-state index is -4.01. The number of fused-ring (bicyclic) bond motifs is 2. The molecule has 0 unspecified atom stereocenters. The Kier molecular flexibility index (Phi) is 8.01. The lowest BCUT2D eigenvalue weighted by molar-refractivity contribution is 0.0950. The number of nitrogens with zero attached hydrogens (tertiary/aromatic N) is 5. The van der Waals surface area contributed by atoms with Crippen LogP contribution in [0.2, 0.25) is 0 Å². The topological polar surface area (TPSA) is 156 Å². The van der Waals surface area contributed by atoms with Crippen molar-refractivity contribution in [1.29, 1.82) is 0 Å². The maximum Gasteiger partial charge on any atom is 0.269 e. The van der Waals surface area contributed by atoms with Crippen molar-refractivity contribution in [2.24, 2.45) is 0 Å². The van der Waals surface area contributed by atoms with E-state index in [4.69, 9.17) is 0 Å². The maximum atomic E-state index is 13.4. The first kappa shape index (κ1) is 28.3. The van der Waals surface area contributed by atoms with E-state index in [0.29, 0.717) is 49.4 Å². The second-order valence-electron chi connectivity index (χ2n) is 9.53. The van der Waals surface area contributed by atoms with Crippen molar-refractivity contribution in [3.05, 3.63) is 65.0 Å². The van der Waals surface area contributed by atoms with Crippen LogP contribution in [0.4, 0.5) is 0 Å². The van der Waals surface area contributed by atoms with E-state index in [1.54, 1.807) is 4.68 Å². The van der Waals surface area contributed by atoms with Gasteiger partial charge < -0.3 is 10.6 Å². The number of aromatic nitrogens is 4. The van der Waals surface area contributed by atoms with Crippen molar-refractivity contribution in [2.45, 2.75) is 42.3 Å². The van der Waals surface area contributed by atoms with E-state index < -0.39 is 19.9 Å². The number of nitrogens with one attached hydrogen (secondary N) is 2. The number of hydrogen-bond donors (Lipinski definition) is 2. The summed E-state index contributed by atoms with van der Waals surface area (Å²) < 4.78 is 62.2. The van der Waals surface area contributed by atoms with Crippen molar-refractivity contribution in [2.75, 3.05) is 26.4 Å². The molecule has 0 radical (unpaired) electrons. The van der Waals surface area contributed by atoms with Gasteiger partial charge in [0.1, 0.15) is 16.7 Å². The van der Waals surface area contributed by atoms with E-state index in [9.17, 15) is 21.6 Å². The Bertz CT molecular complexity index is 1780. The molecule has 0 fully saturated rings. The molecule has 0 bridgehead atoms. The van der Waals surface area contributed by atoms with Crippen LogP contribution in [0.3, 0.4) is 0 Å². The molecule has 0 atom stereocenters. The molecule has 1 aliphatic heterocycles. The Balaban J connectivity index is 1.28. The molecule has 15 heteroatoms. The van der Waals surface area contributed by atoms with Crippen LogP contribution in [0.15, 0.2) is 52.3 Å². The Labute approximate surface area is 236 Å². The standard InChI is InChI=1S/C25H29N7O5S3/c1-26-25(33)24-20-16-31(40(36,37)19-6-3-5-18(14-19)39(2,34)35)12-9-21(20)28-32(24)11-4-10-27-15-17-7-8-22-23(13-17)30-38-29-22/h3,5-8,13-14,27H,4,9-12,15-16H2,1-2H3,(H,26,33). The summed E-state index contributed by atoms with van der Waals surface area (Å²) in [6, 6.07) is 11.3. The molecule has 0 aliphatic carbocycles. The normalized spacial score (nSPS) is 14.3. The van der Waals surface area contributed by atoms with E-state index in [1.807, 2.05) is 18.2 Å². The number of sulfonamides is 1. The number of hydrogen-bond acceptors (Lipinski definition) is 10. The predicted molar refractivity (Wildman–Crippen MR) is 150 cm³/mol. The summed E-state index contributed by atoms with van der Waals surface area (Å²) in [5.74, 6) is -0.342. The first-order valence-electron chi connectivity index (χ1n) is 12.6. The van der Waals surface area contributed by atoms with Crippen molar-refractivity contribution in [1.82, 2.24) is 33.5 Å². The van der Waals surface area contributed by atoms with Crippen molar-refractivity contribution in [3.8, 4) is 0 Å². The number of amides is 1. The molecular formula is C25H29N7O5S3. The summed E-state index contributed by atoms with van der Waals surface area (Å²) in [7, 11) is -6.06. The highest BCUT2D eigenvalue weighted by Crippen LogP contribution is 2.28. The molecule has 2 aromatic carbocycles. The molecule has 212 valence electrons. The maximum absolute atomic E-state index is 13.4. The van der Waals surface area contributed by atoms with Gasteiger partial charge in [0.15, 0.2) is 9.84 Å². The van der Waals surface area contributed by atoms with Crippen LogP contribution in [-0.2, 0) is 45.9 Å². The molecule has 0 saturated carbocycles. The van der Waals surface area contributed by atoms with Crippen LogP contribution < -0.4 is 10.6 Å². The molecular weight excluding hydrogens is 575 g/mol. The summed E-state index contributed by atoms with van der Waals surface area (Å²) in [4.78, 5) is 12.7. The summed E-state index contributed by atoms with van der Waals surface area (Å²) in [6.07, 6.45) is 2.07. The van der Waals surface area contributed by atoms with Gasteiger partial charge in [-0.15, -0.1) is 0 Å². The van der Waals surface area contributed by atoms with Gasteiger partial charge in [0.05, 0.1) is 27.2 Å². The predicted octanol–water partition coefficient (Wildman–Crippen LogP) is 1.58. The Morgan fingerprint density at radius 3 is 2.60 bits per heavy atom. The SMILES string of the molecule is CNC(=O)c1c2c(nn1CCCNCc1ccc3nsnc3c1)CCN(S(=O)(=O)c1cccc(S(C)(=O)=O)c1)C2. The second-order valence-corrected chi connectivity index (χ2v) is 14.0. The third-order valence-corrected chi connectivity index (χ3v) is 10.3. The Hall–Kier alpha value is -3.24. The van der Waals surface area contributed by atoms with E-state index in [-0.39, 0.29) is 28.8 Å². The van der Waals surface area contributed by atoms with E-state index in [1.165, 1.54) is 47.3 Å². The van der Waals surface area contributed by atoms with Gasteiger partial charge in [0, 0.05) is 51.5 Å². The summed E-state index contributed by atoms with van der Waals surface area (Å²) in [5.41, 5.74) is 4.44. The third-order valence-electron chi connectivity index (χ3n) is 6.75. The fraction of sp³-hybridized carbons (Fsp3) is 0.360. The van der Waals surface area contributed by atoms with E-state index >= 15 is 0 Å². The van der Waals surface area contributed by atoms with Crippen LogP contribution >= 0.6 is 11.7 Å². The molecule has 2 N–H and O–H groups in total. The lowest BCUT2D eigenvalue weighted by atomic mass is 10.1. The summed E-state index contributed by atoms with van der Waals surface area (Å²) in [6.45, 7) is 1.96. The molecule has 1 aliphatic rings. The second kappa shape index (κ2) is 11.3. The third kappa shape index (κ3) is 5.78. The number of rotatable bonds is 10.